The van der Waals surface area contributed by atoms with E-state index in [1.807, 2.05) is 6.07 Å². The van der Waals surface area contributed by atoms with Crippen LogP contribution in [0.25, 0.3) is 0 Å². The number of nitriles is 1. The highest BCUT2D eigenvalue weighted by molar-refractivity contribution is 9.10. The SMILES string of the molecule is CCOC(=O)Cc1cc(Br)c(Cl)c(C#N)c1. The number of hydrogen-bond acceptors (Lipinski definition) is 3. The molecule has 0 saturated carbocycles. The highest BCUT2D eigenvalue weighted by atomic mass is 79.9. The van der Waals surface area contributed by atoms with Crippen molar-refractivity contribution in [2.24, 2.45) is 0 Å². The van der Waals surface area contributed by atoms with Gasteiger partial charge in [-0.05, 0) is 40.5 Å². The normalized spacial score (nSPS) is 9.62. The van der Waals surface area contributed by atoms with Gasteiger partial charge in [-0.3, -0.25) is 4.79 Å². The van der Waals surface area contributed by atoms with Gasteiger partial charge in [-0.1, -0.05) is 11.6 Å². The summed E-state index contributed by atoms with van der Waals surface area (Å²) in [5, 5.41) is 9.19. The molecule has 1 rings (SSSR count). The summed E-state index contributed by atoms with van der Waals surface area (Å²) in [4.78, 5) is 11.3. The van der Waals surface area contributed by atoms with Gasteiger partial charge in [-0.25, -0.2) is 0 Å². The lowest BCUT2D eigenvalue weighted by atomic mass is 10.1. The summed E-state index contributed by atoms with van der Waals surface area (Å²) in [5.74, 6) is -0.319. The summed E-state index contributed by atoms with van der Waals surface area (Å²) >= 11 is 9.11. The Morgan fingerprint density at radius 2 is 2.31 bits per heavy atom. The lowest BCUT2D eigenvalue weighted by Gasteiger charge is -2.05. The van der Waals surface area contributed by atoms with Gasteiger partial charge in [0, 0.05) is 4.47 Å². The molecule has 0 fully saturated rings. The van der Waals surface area contributed by atoms with Gasteiger partial charge >= 0.3 is 5.97 Å². The van der Waals surface area contributed by atoms with E-state index in [2.05, 4.69) is 15.9 Å². The summed E-state index contributed by atoms with van der Waals surface area (Å²) < 4.78 is 5.42. The summed E-state index contributed by atoms with van der Waals surface area (Å²) in [5.41, 5.74) is 1.04. The molecule has 0 aliphatic heterocycles. The monoisotopic (exact) mass is 301 g/mol. The number of esters is 1. The first-order valence-electron chi connectivity index (χ1n) is 4.62. The summed E-state index contributed by atoms with van der Waals surface area (Å²) in [7, 11) is 0. The fourth-order valence-corrected chi connectivity index (χ4v) is 1.87. The van der Waals surface area contributed by atoms with Crippen LogP contribution in [-0.2, 0) is 16.0 Å². The summed E-state index contributed by atoms with van der Waals surface area (Å²) in [6.45, 7) is 2.09. The largest absolute Gasteiger partial charge is 0.466 e. The van der Waals surface area contributed by atoms with Crippen molar-refractivity contribution in [2.45, 2.75) is 13.3 Å². The van der Waals surface area contributed by atoms with Crippen LogP contribution in [0, 0.1) is 11.3 Å². The molecule has 0 unspecified atom stereocenters. The highest BCUT2D eigenvalue weighted by Gasteiger charge is 2.10. The van der Waals surface area contributed by atoms with E-state index in [0.29, 0.717) is 27.2 Å². The van der Waals surface area contributed by atoms with Crippen LogP contribution < -0.4 is 0 Å². The summed E-state index contributed by atoms with van der Waals surface area (Å²) in [6.07, 6.45) is 0.137. The lowest BCUT2D eigenvalue weighted by molar-refractivity contribution is -0.142. The van der Waals surface area contributed by atoms with Crippen molar-refractivity contribution in [3.63, 3.8) is 0 Å². The van der Waals surface area contributed by atoms with Crippen LogP contribution in [0.5, 0.6) is 0 Å². The Labute approximate surface area is 107 Å². The Morgan fingerprint density at radius 3 is 2.88 bits per heavy atom. The second kappa shape index (κ2) is 5.88. The molecule has 0 saturated heterocycles. The van der Waals surface area contributed by atoms with Gasteiger partial charge in [-0.15, -0.1) is 0 Å². The Hall–Kier alpha value is -1.05. The van der Waals surface area contributed by atoms with E-state index in [9.17, 15) is 4.79 Å². The van der Waals surface area contributed by atoms with E-state index >= 15 is 0 Å². The molecule has 0 aliphatic rings. The number of rotatable bonds is 3. The minimum absolute atomic E-state index is 0.137. The smallest absolute Gasteiger partial charge is 0.310 e. The molecule has 84 valence electrons. The van der Waals surface area contributed by atoms with Crippen molar-refractivity contribution in [1.29, 1.82) is 5.26 Å². The molecule has 16 heavy (non-hydrogen) atoms. The molecule has 0 heterocycles. The Morgan fingerprint density at radius 1 is 1.62 bits per heavy atom. The number of nitrogens with zero attached hydrogens (tertiary/aromatic N) is 1. The Kier molecular flexibility index (Phi) is 4.78. The molecule has 0 aliphatic carbocycles. The van der Waals surface area contributed by atoms with Gasteiger partial charge in [0.2, 0.25) is 0 Å². The quantitative estimate of drug-likeness (QED) is 0.806. The number of carbonyl (C=O) groups is 1. The van der Waals surface area contributed by atoms with Gasteiger partial charge < -0.3 is 4.74 Å². The number of carbonyl (C=O) groups excluding carboxylic acids is 1. The van der Waals surface area contributed by atoms with Crippen LogP contribution in [0.2, 0.25) is 5.02 Å². The van der Waals surface area contributed by atoms with Crippen molar-refractivity contribution in [3.05, 3.63) is 32.8 Å². The van der Waals surface area contributed by atoms with E-state index in [0.717, 1.165) is 0 Å². The van der Waals surface area contributed by atoms with Crippen LogP contribution in [0.3, 0.4) is 0 Å². The molecule has 5 heteroatoms. The van der Waals surface area contributed by atoms with E-state index in [1.165, 1.54) is 0 Å². The third-order valence-electron chi connectivity index (χ3n) is 1.86. The molecule has 3 nitrogen and oxygen atoms in total. The minimum atomic E-state index is -0.319. The second-order valence-electron chi connectivity index (χ2n) is 3.03. The van der Waals surface area contributed by atoms with Crippen molar-refractivity contribution in [1.82, 2.24) is 0 Å². The molecule has 0 amide bonds. The average Bonchev–Trinajstić information content (AvgIpc) is 2.23. The van der Waals surface area contributed by atoms with Crippen molar-refractivity contribution < 1.29 is 9.53 Å². The first kappa shape index (κ1) is 13.0. The van der Waals surface area contributed by atoms with Crippen LogP contribution in [0.4, 0.5) is 0 Å². The van der Waals surface area contributed by atoms with E-state index in [1.54, 1.807) is 19.1 Å². The molecular formula is C11H9BrClNO2. The Bertz CT molecular complexity index is 454. The standard InChI is InChI=1S/C11H9BrClNO2/c1-2-16-10(15)5-7-3-8(6-14)11(13)9(12)4-7/h3-4H,2,5H2,1H3. The first-order valence-corrected chi connectivity index (χ1v) is 5.79. The van der Waals surface area contributed by atoms with Crippen LogP contribution in [-0.4, -0.2) is 12.6 Å². The maximum atomic E-state index is 11.3. The maximum Gasteiger partial charge on any atom is 0.310 e. The topological polar surface area (TPSA) is 50.1 Å². The minimum Gasteiger partial charge on any atom is -0.466 e. The summed E-state index contributed by atoms with van der Waals surface area (Å²) in [6, 6.07) is 5.26. The predicted molar refractivity (Wildman–Crippen MR) is 64.2 cm³/mol. The molecule has 1 aromatic carbocycles. The zero-order valence-corrected chi connectivity index (χ0v) is 10.9. The molecule has 0 atom stereocenters. The first-order chi connectivity index (χ1) is 7.58. The fourth-order valence-electron chi connectivity index (χ4n) is 1.21. The number of benzene rings is 1. The highest BCUT2D eigenvalue weighted by Crippen LogP contribution is 2.27. The van der Waals surface area contributed by atoms with Crippen molar-refractivity contribution >= 4 is 33.5 Å². The van der Waals surface area contributed by atoms with Crippen molar-refractivity contribution in [2.75, 3.05) is 6.61 Å². The molecule has 0 spiro atoms. The molecule has 1 aromatic rings. The molecule has 0 radical (unpaired) electrons. The molecular weight excluding hydrogens is 293 g/mol. The van der Waals surface area contributed by atoms with Crippen LogP contribution >= 0.6 is 27.5 Å². The molecule has 0 N–H and O–H groups in total. The lowest BCUT2D eigenvalue weighted by Crippen LogP contribution is -2.07. The zero-order valence-electron chi connectivity index (χ0n) is 8.59. The zero-order chi connectivity index (χ0) is 12.1. The Balaban J connectivity index is 2.95. The third-order valence-corrected chi connectivity index (χ3v) is 3.12. The van der Waals surface area contributed by atoms with E-state index in [4.69, 9.17) is 21.6 Å². The van der Waals surface area contributed by atoms with Crippen molar-refractivity contribution in [3.8, 4) is 6.07 Å². The van der Waals surface area contributed by atoms with Gasteiger partial charge in [0.15, 0.2) is 0 Å². The predicted octanol–water partition coefficient (Wildman–Crippen LogP) is 3.08. The molecule has 0 bridgehead atoms. The molecule has 0 aromatic heterocycles. The van der Waals surface area contributed by atoms with Gasteiger partial charge in [0.25, 0.3) is 0 Å². The van der Waals surface area contributed by atoms with Gasteiger partial charge in [0.05, 0.1) is 23.6 Å². The third kappa shape index (κ3) is 3.22. The van der Waals surface area contributed by atoms with Gasteiger partial charge in [0.1, 0.15) is 6.07 Å². The van der Waals surface area contributed by atoms with Gasteiger partial charge in [-0.2, -0.15) is 5.26 Å². The number of ether oxygens (including phenoxy) is 1. The van der Waals surface area contributed by atoms with Crippen LogP contribution in [0.1, 0.15) is 18.1 Å². The fraction of sp³-hybridized carbons (Fsp3) is 0.273. The van der Waals surface area contributed by atoms with Crippen LogP contribution in [0.15, 0.2) is 16.6 Å². The van der Waals surface area contributed by atoms with E-state index < -0.39 is 0 Å². The number of halogens is 2. The van der Waals surface area contributed by atoms with E-state index in [-0.39, 0.29) is 12.4 Å². The average molecular weight is 303 g/mol. The number of hydrogen-bond donors (Lipinski definition) is 0. The maximum absolute atomic E-state index is 11.3. The second-order valence-corrected chi connectivity index (χ2v) is 4.27.